The van der Waals surface area contributed by atoms with E-state index in [1.807, 2.05) is 18.2 Å². The van der Waals surface area contributed by atoms with Crippen LogP contribution < -0.4 is 5.73 Å². The maximum absolute atomic E-state index is 8.43. The number of benzene rings is 1. The van der Waals surface area contributed by atoms with Crippen molar-refractivity contribution in [3.8, 4) is 0 Å². The van der Waals surface area contributed by atoms with E-state index in [1.54, 1.807) is 19.1 Å². The Balaban J connectivity index is 2.92. The highest BCUT2D eigenvalue weighted by Crippen LogP contribution is 2.12. The van der Waals surface area contributed by atoms with Gasteiger partial charge in [0.05, 0.1) is 0 Å². The van der Waals surface area contributed by atoms with Gasteiger partial charge in [0, 0.05) is 5.02 Å². The molecule has 4 heteroatoms. The molecule has 3 N–H and O–H groups in total. The van der Waals surface area contributed by atoms with Crippen LogP contribution in [0, 0.1) is 0 Å². The molecule has 0 bridgehead atoms. The van der Waals surface area contributed by atoms with Crippen LogP contribution in [0.25, 0.3) is 6.08 Å². The van der Waals surface area contributed by atoms with Crippen molar-refractivity contribution in [2.45, 2.75) is 6.92 Å². The minimum Gasteiger partial charge on any atom is -0.409 e. The number of hydrogen-bond donors (Lipinski definition) is 2. The van der Waals surface area contributed by atoms with Crippen molar-refractivity contribution in [1.29, 1.82) is 0 Å². The van der Waals surface area contributed by atoms with Crippen LogP contribution in [0.15, 0.2) is 35.0 Å². The fourth-order valence-corrected chi connectivity index (χ4v) is 1.09. The zero-order valence-electron chi connectivity index (χ0n) is 7.74. The molecule has 0 fully saturated rings. The first kappa shape index (κ1) is 10.6. The molecule has 1 aromatic carbocycles. The van der Waals surface area contributed by atoms with Crippen LogP contribution in [0.5, 0.6) is 0 Å². The van der Waals surface area contributed by atoms with E-state index < -0.39 is 0 Å². The molecule has 74 valence electrons. The van der Waals surface area contributed by atoms with E-state index in [0.717, 1.165) is 5.56 Å². The average molecular weight is 211 g/mol. The van der Waals surface area contributed by atoms with Gasteiger partial charge in [-0.2, -0.15) is 0 Å². The first-order chi connectivity index (χ1) is 6.63. The second-order valence-corrected chi connectivity index (χ2v) is 3.30. The fourth-order valence-electron chi connectivity index (χ4n) is 0.962. The highest BCUT2D eigenvalue weighted by molar-refractivity contribution is 6.30. The SMILES string of the molecule is CC(=Cc1ccc(Cl)cc1)C(N)=NO. The van der Waals surface area contributed by atoms with Gasteiger partial charge in [-0.05, 0) is 36.3 Å². The molecule has 0 atom stereocenters. The molecular formula is C10H11ClN2O. The maximum atomic E-state index is 8.43. The molecule has 0 aliphatic rings. The Morgan fingerprint density at radius 3 is 2.50 bits per heavy atom. The van der Waals surface area contributed by atoms with Crippen molar-refractivity contribution < 1.29 is 5.21 Å². The molecular weight excluding hydrogens is 200 g/mol. The molecule has 0 saturated heterocycles. The summed E-state index contributed by atoms with van der Waals surface area (Å²) in [5.74, 6) is 0.111. The maximum Gasteiger partial charge on any atom is 0.165 e. The summed E-state index contributed by atoms with van der Waals surface area (Å²) in [4.78, 5) is 0. The van der Waals surface area contributed by atoms with Gasteiger partial charge < -0.3 is 10.9 Å². The van der Waals surface area contributed by atoms with Crippen LogP contribution in [-0.4, -0.2) is 11.0 Å². The minimum absolute atomic E-state index is 0.111. The van der Waals surface area contributed by atoms with E-state index in [2.05, 4.69) is 5.16 Å². The third kappa shape index (κ3) is 2.78. The first-order valence-electron chi connectivity index (χ1n) is 4.05. The molecule has 0 unspecified atom stereocenters. The lowest BCUT2D eigenvalue weighted by molar-refractivity contribution is 0.318. The highest BCUT2D eigenvalue weighted by Gasteiger charge is 1.96. The Morgan fingerprint density at radius 1 is 1.43 bits per heavy atom. The van der Waals surface area contributed by atoms with Crippen LogP contribution in [0.4, 0.5) is 0 Å². The van der Waals surface area contributed by atoms with Crippen molar-refractivity contribution in [2.75, 3.05) is 0 Å². The molecule has 0 saturated carbocycles. The molecule has 1 aromatic rings. The van der Waals surface area contributed by atoms with Crippen molar-refractivity contribution in [2.24, 2.45) is 10.9 Å². The second kappa shape index (κ2) is 4.67. The monoisotopic (exact) mass is 210 g/mol. The van der Waals surface area contributed by atoms with E-state index in [0.29, 0.717) is 10.6 Å². The van der Waals surface area contributed by atoms with Gasteiger partial charge in [0.25, 0.3) is 0 Å². The lowest BCUT2D eigenvalue weighted by Crippen LogP contribution is -2.12. The average Bonchev–Trinajstić information content (AvgIpc) is 2.20. The Hall–Kier alpha value is -1.48. The van der Waals surface area contributed by atoms with E-state index in [1.165, 1.54) is 0 Å². The van der Waals surface area contributed by atoms with Crippen LogP contribution in [0.1, 0.15) is 12.5 Å². The summed E-state index contributed by atoms with van der Waals surface area (Å²) in [6.45, 7) is 1.77. The predicted octanol–water partition coefficient (Wildman–Crippen LogP) is 2.49. The van der Waals surface area contributed by atoms with E-state index in [4.69, 9.17) is 22.5 Å². The second-order valence-electron chi connectivity index (χ2n) is 2.86. The van der Waals surface area contributed by atoms with Gasteiger partial charge in [-0.25, -0.2) is 0 Å². The van der Waals surface area contributed by atoms with Gasteiger partial charge in [-0.1, -0.05) is 28.9 Å². The number of nitrogens with zero attached hydrogens (tertiary/aromatic N) is 1. The molecule has 0 aromatic heterocycles. The Morgan fingerprint density at radius 2 is 2.00 bits per heavy atom. The fraction of sp³-hybridized carbons (Fsp3) is 0.100. The summed E-state index contributed by atoms with van der Waals surface area (Å²) in [5.41, 5.74) is 7.06. The topological polar surface area (TPSA) is 58.6 Å². The molecule has 0 aliphatic carbocycles. The van der Waals surface area contributed by atoms with Crippen molar-refractivity contribution >= 4 is 23.5 Å². The van der Waals surface area contributed by atoms with Gasteiger partial charge in [-0.15, -0.1) is 0 Å². The molecule has 0 radical (unpaired) electrons. The number of hydrogen-bond acceptors (Lipinski definition) is 2. The van der Waals surface area contributed by atoms with Gasteiger partial charge >= 0.3 is 0 Å². The summed E-state index contributed by atoms with van der Waals surface area (Å²) >= 11 is 5.73. The highest BCUT2D eigenvalue weighted by atomic mass is 35.5. The number of oxime groups is 1. The summed E-state index contributed by atoms with van der Waals surface area (Å²) < 4.78 is 0. The van der Waals surface area contributed by atoms with Gasteiger partial charge in [0.2, 0.25) is 0 Å². The molecule has 1 rings (SSSR count). The molecule has 0 amide bonds. The lowest BCUT2D eigenvalue weighted by Gasteiger charge is -1.98. The number of halogens is 1. The van der Waals surface area contributed by atoms with E-state index >= 15 is 0 Å². The third-order valence-electron chi connectivity index (χ3n) is 1.76. The third-order valence-corrected chi connectivity index (χ3v) is 2.02. The van der Waals surface area contributed by atoms with Crippen LogP contribution in [0.2, 0.25) is 5.02 Å². The summed E-state index contributed by atoms with van der Waals surface area (Å²) in [6.07, 6.45) is 1.81. The molecule has 0 aliphatic heterocycles. The lowest BCUT2D eigenvalue weighted by atomic mass is 10.1. The Labute approximate surface area is 87.5 Å². The molecule has 0 heterocycles. The Bertz CT molecular complexity index is 368. The summed E-state index contributed by atoms with van der Waals surface area (Å²) in [7, 11) is 0. The van der Waals surface area contributed by atoms with Crippen LogP contribution >= 0.6 is 11.6 Å². The van der Waals surface area contributed by atoms with E-state index in [9.17, 15) is 0 Å². The number of nitrogens with two attached hydrogens (primary N) is 1. The quantitative estimate of drug-likeness (QED) is 0.341. The molecule has 0 spiro atoms. The van der Waals surface area contributed by atoms with Crippen molar-refractivity contribution in [3.05, 3.63) is 40.4 Å². The number of rotatable bonds is 2. The van der Waals surface area contributed by atoms with Crippen molar-refractivity contribution in [1.82, 2.24) is 0 Å². The zero-order valence-corrected chi connectivity index (χ0v) is 8.49. The van der Waals surface area contributed by atoms with Gasteiger partial charge in [0.1, 0.15) is 0 Å². The minimum atomic E-state index is 0.111. The zero-order chi connectivity index (χ0) is 10.6. The predicted molar refractivity (Wildman–Crippen MR) is 58.5 cm³/mol. The summed E-state index contributed by atoms with van der Waals surface area (Å²) in [5, 5.41) is 12.0. The van der Waals surface area contributed by atoms with Crippen molar-refractivity contribution in [3.63, 3.8) is 0 Å². The largest absolute Gasteiger partial charge is 0.409 e. The molecule has 3 nitrogen and oxygen atoms in total. The van der Waals surface area contributed by atoms with Crippen LogP contribution in [0.3, 0.4) is 0 Å². The standard InChI is InChI=1S/C10H11ClN2O/c1-7(10(12)13-14)6-8-2-4-9(11)5-3-8/h2-6,14H,1H3,(H2,12,13). The van der Waals surface area contributed by atoms with Crippen LogP contribution in [-0.2, 0) is 0 Å². The molecule has 14 heavy (non-hydrogen) atoms. The van der Waals surface area contributed by atoms with E-state index in [-0.39, 0.29) is 5.84 Å². The number of amidine groups is 1. The smallest absolute Gasteiger partial charge is 0.165 e. The normalized spacial score (nSPS) is 13.0. The van der Waals surface area contributed by atoms with Gasteiger partial charge in [0.15, 0.2) is 5.84 Å². The Kier molecular flexibility index (Phi) is 3.54. The summed E-state index contributed by atoms with van der Waals surface area (Å²) in [6, 6.07) is 7.28. The van der Waals surface area contributed by atoms with Gasteiger partial charge in [-0.3, -0.25) is 0 Å². The first-order valence-corrected chi connectivity index (χ1v) is 4.43.